The first-order valence-electron chi connectivity index (χ1n) is 12.1. The summed E-state index contributed by atoms with van der Waals surface area (Å²) in [7, 11) is 0. The zero-order chi connectivity index (χ0) is 28.6. The number of halogens is 3. The molecule has 0 spiro atoms. The molecule has 0 saturated carbocycles. The fraction of sp³-hybridized carbons (Fsp3) is 0.100. The number of carbonyl (C=O) groups excluding carboxylic acids is 2. The van der Waals surface area contributed by atoms with Gasteiger partial charge in [-0.05, 0) is 98.4 Å². The Kier molecular flexibility index (Phi) is 7.03. The quantitative estimate of drug-likeness (QED) is 0.167. The van der Waals surface area contributed by atoms with Crippen molar-refractivity contribution in [2.24, 2.45) is 0 Å². The molecule has 202 valence electrons. The van der Waals surface area contributed by atoms with Crippen LogP contribution in [-0.2, 0) is 15.8 Å². The first-order chi connectivity index (χ1) is 19.0. The number of nitrogens with one attached hydrogen (secondary N) is 1. The Labute approximate surface area is 233 Å². The first kappa shape index (κ1) is 26.9. The minimum absolute atomic E-state index is 0.0710. The highest BCUT2D eigenvalue weighted by Gasteiger charge is 2.35. The smallest absolute Gasteiger partial charge is 0.416 e. The van der Waals surface area contributed by atoms with Gasteiger partial charge in [-0.1, -0.05) is 24.3 Å². The van der Waals surface area contributed by atoms with Crippen molar-refractivity contribution in [1.82, 2.24) is 9.88 Å². The molecule has 1 aromatic heterocycles. The van der Waals surface area contributed by atoms with Gasteiger partial charge in [-0.3, -0.25) is 19.8 Å². The van der Waals surface area contributed by atoms with Gasteiger partial charge >= 0.3 is 6.18 Å². The van der Waals surface area contributed by atoms with E-state index in [1.54, 1.807) is 54.8 Å². The molecule has 6 nitrogen and oxygen atoms in total. The highest BCUT2D eigenvalue weighted by molar-refractivity contribution is 7.80. The maximum Gasteiger partial charge on any atom is 0.416 e. The van der Waals surface area contributed by atoms with Crippen molar-refractivity contribution in [3.05, 3.63) is 113 Å². The van der Waals surface area contributed by atoms with Crippen LogP contribution in [0.25, 0.3) is 11.8 Å². The first-order valence-corrected chi connectivity index (χ1v) is 12.5. The molecule has 0 aliphatic carbocycles. The molecule has 1 aliphatic rings. The molecular formula is C30H22F3N3O3S. The standard InChI is InChI=1S/C30H22F3N3O3S/c1-18-15-20(19(2)35(18)23-8-6-7-21(17-23)30(31,32)33)16-26-27(37)34-29(40)36(28(26)38)22-11-13-25(14-12-22)39-24-9-4-3-5-10-24/h3-17H,1-2H3,(H,34,37,40). The summed E-state index contributed by atoms with van der Waals surface area (Å²) in [6.45, 7) is 3.44. The molecule has 10 heteroatoms. The van der Waals surface area contributed by atoms with Gasteiger partial charge in [0.25, 0.3) is 11.8 Å². The lowest BCUT2D eigenvalue weighted by Crippen LogP contribution is -2.54. The maximum absolute atomic E-state index is 13.5. The number of hydrogen-bond donors (Lipinski definition) is 1. The number of ether oxygens (including phenoxy) is 1. The van der Waals surface area contributed by atoms with Gasteiger partial charge < -0.3 is 9.30 Å². The highest BCUT2D eigenvalue weighted by atomic mass is 32.1. The molecule has 4 aromatic rings. The lowest BCUT2D eigenvalue weighted by atomic mass is 10.1. The number of amides is 2. The minimum Gasteiger partial charge on any atom is -0.457 e. The summed E-state index contributed by atoms with van der Waals surface area (Å²) in [5, 5.41) is 2.47. The third kappa shape index (κ3) is 5.26. The summed E-state index contributed by atoms with van der Waals surface area (Å²) in [6, 6.07) is 22.5. The number of thiocarbonyl (C=S) groups is 1. The topological polar surface area (TPSA) is 63.6 Å². The van der Waals surface area contributed by atoms with E-state index in [0.29, 0.717) is 39.8 Å². The van der Waals surface area contributed by atoms with Crippen molar-refractivity contribution in [2.75, 3.05) is 4.90 Å². The molecule has 1 saturated heterocycles. The average Bonchev–Trinajstić information content (AvgIpc) is 3.20. The second-order valence-electron chi connectivity index (χ2n) is 9.08. The van der Waals surface area contributed by atoms with Gasteiger partial charge in [0.2, 0.25) is 0 Å². The summed E-state index contributed by atoms with van der Waals surface area (Å²) in [5.74, 6) is -0.0966. The Hall–Kier alpha value is -4.70. The van der Waals surface area contributed by atoms with Gasteiger partial charge in [-0.25, -0.2) is 0 Å². The number of para-hydroxylation sites is 1. The molecule has 0 radical (unpaired) electrons. The molecule has 1 aliphatic heterocycles. The fourth-order valence-electron chi connectivity index (χ4n) is 4.49. The van der Waals surface area contributed by atoms with Crippen LogP contribution in [0.5, 0.6) is 11.5 Å². The van der Waals surface area contributed by atoms with E-state index in [0.717, 1.165) is 12.1 Å². The molecule has 2 heterocycles. The van der Waals surface area contributed by atoms with Crippen LogP contribution in [-0.4, -0.2) is 21.5 Å². The Morgan fingerprint density at radius 2 is 1.52 bits per heavy atom. The van der Waals surface area contributed by atoms with Crippen LogP contribution in [0.15, 0.2) is 90.5 Å². The minimum atomic E-state index is -4.49. The molecule has 3 aromatic carbocycles. The van der Waals surface area contributed by atoms with E-state index in [2.05, 4.69) is 5.32 Å². The number of alkyl halides is 3. The summed E-state index contributed by atoms with van der Waals surface area (Å²) >= 11 is 5.29. The van der Waals surface area contributed by atoms with Crippen molar-refractivity contribution < 1.29 is 27.5 Å². The van der Waals surface area contributed by atoms with Gasteiger partial charge in [0.15, 0.2) is 5.11 Å². The largest absolute Gasteiger partial charge is 0.457 e. The zero-order valence-electron chi connectivity index (χ0n) is 21.3. The average molecular weight is 562 g/mol. The number of carbonyl (C=O) groups is 2. The Balaban J connectivity index is 1.45. The number of hydrogen-bond acceptors (Lipinski definition) is 4. The van der Waals surface area contributed by atoms with E-state index in [1.807, 2.05) is 30.3 Å². The van der Waals surface area contributed by atoms with E-state index < -0.39 is 23.6 Å². The maximum atomic E-state index is 13.5. The van der Waals surface area contributed by atoms with Crippen molar-refractivity contribution in [2.45, 2.75) is 20.0 Å². The van der Waals surface area contributed by atoms with Crippen LogP contribution in [0, 0.1) is 13.8 Å². The Morgan fingerprint density at radius 1 is 0.850 bits per heavy atom. The number of rotatable bonds is 5. The van der Waals surface area contributed by atoms with E-state index in [1.165, 1.54) is 17.0 Å². The highest BCUT2D eigenvalue weighted by Crippen LogP contribution is 2.32. The van der Waals surface area contributed by atoms with E-state index in [-0.39, 0.29) is 10.7 Å². The predicted octanol–water partition coefficient (Wildman–Crippen LogP) is 6.74. The SMILES string of the molecule is Cc1cc(C=C2C(=O)NC(=S)N(c3ccc(Oc4ccccc4)cc3)C2=O)c(C)n1-c1cccc(C(F)(F)F)c1. The number of anilines is 1. The zero-order valence-corrected chi connectivity index (χ0v) is 22.1. The van der Waals surface area contributed by atoms with Crippen LogP contribution < -0.4 is 15.0 Å². The van der Waals surface area contributed by atoms with E-state index in [9.17, 15) is 22.8 Å². The summed E-state index contributed by atoms with van der Waals surface area (Å²) in [5.41, 5.74) is 1.50. The number of aryl methyl sites for hydroxylation is 1. The number of aromatic nitrogens is 1. The molecule has 5 rings (SSSR count). The molecule has 1 fully saturated rings. The lowest BCUT2D eigenvalue weighted by molar-refractivity contribution is -0.137. The predicted molar refractivity (Wildman–Crippen MR) is 149 cm³/mol. The Bertz CT molecular complexity index is 1660. The Morgan fingerprint density at radius 3 is 2.20 bits per heavy atom. The molecule has 2 amide bonds. The summed E-state index contributed by atoms with van der Waals surface area (Å²) < 4.78 is 47.3. The van der Waals surface area contributed by atoms with Gasteiger partial charge in [-0.15, -0.1) is 0 Å². The van der Waals surface area contributed by atoms with Crippen molar-refractivity contribution >= 4 is 40.9 Å². The van der Waals surface area contributed by atoms with Crippen LogP contribution in [0.4, 0.5) is 18.9 Å². The number of benzene rings is 3. The van der Waals surface area contributed by atoms with E-state index in [4.69, 9.17) is 17.0 Å². The monoisotopic (exact) mass is 561 g/mol. The molecule has 0 atom stereocenters. The molecule has 0 unspecified atom stereocenters. The van der Waals surface area contributed by atoms with Crippen molar-refractivity contribution in [1.29, 1.82) is 0 Å². The molecular weight excluding hydrogens is 539 g/mol. The lowest BCUT2D eigenvalue weighted by Gasteiger charge is -2.29. The molecule has 1 N–H and O–H groups in total. The number of nitrogens with zero attached hydrogens (tertiary/aromatic N) is 2. The van der Waals surface area contributed by atoms with Crippen LogP contribution in [0.2, 0.25) is 0 Å². The van der Waals surface area contributed by atoms with Gasteiger partial charge in [-0.2, -0.15) is 13.2 Å². The van der Waals surface area contributed by atoms with Crippen molar-refractivity contribution in [3.8, 4) is 17.2 Å². The summed E-state index contributed by atoms with van der Waals surface area (Å²) in [6.07, 6.45) is -3.07. The summed E-state index contributed by atoms with van der Waals surface area (Å²) in [4.78, 5) is 27.5. The van der Waals surface area contributed by atoms with Gasteiger partial charge in [0.05, 0.1) is 11.3 Å². The molecule has 40 heavy (non-hydrogen) atoms. The van der Waals surface area contributed by atoms with Crippen molar-refractivity contribution in [3.63, 3.8) is 0 Å². The third-order valence-corrected chi connectivity index (χ3v) is 6.66. The van der Waals surface area contributed by atoms with E-state index >= 15 is 0 Å². The second-order valence-corrected chi connectivity index (χ2v) is 9.46. The van der Waals surface area contributed by atoms with Crippen LogP contribution >= 0.6 is 12.2 Å². The van der Waals surface area contributed by atoms with Gasteiger partial charge in [0, 0.05) is 17.1 Å². The second kappa shape index (κ2) is 10.5. The van der Waals surface area contributed by atoms with Gasteiger partial charge in [0.1, 0.15) is 17.1 Å². The van der Waals surface area contributed by atoms with Crippen LogP contribution in [0.3, 0.4) is 0 Å². The third-order valence-electron chi connectivity index (χ3n) is 6.38. The molecule has 0 bridgehead atoms. The fourth-order valence-corrected chi connectivity index (χ4v) is 4.77. The van der Waals surface area contributed by atoms with Crippen LogP contribution in [0.1, 0.15) is 22.5 Å². The normalized spacial score (nSPS) is 15.0.